The number of nitrogens with one attached hydrogen (secondary N) is 1. The maximum atomic E-state index is 13.1. The van der Waals surface area contributed by atoms with Gasteiger partial charge in [-0.2, -0.15) is 0 Å². The van der Waals surface area contributed by atoms with Gasteiger partial charge in [-0.25, -0.2) is 8.78 Å². The van der Waals surface area contributed by atoms with Crippen LogP contribution in [0.15, 0.2) is 53.7 Å². The Morgan fingerprint density at radius 3 is 2.60 bits per heavy atom. The highest BCUT2D eigenvalue weighted by molar-refractivity contribution is 5.94. The summed E-state index contributed by atoms with van der Waals surface area (Å²) in [5, 5.41) is 5.99. The molecule has 2 aromatic rings. The van der Waals surface area contributed by atoms with Crippen molar-refractivity contribution in [3.05, 3.63) is 60.2 Å². The van der Waals surface area contributed by atoms with Gasteiger partial charge in [-0.05, 0) is 31.2 Å². The summed E-state index contributed by atoms with van der Waals surface area (Å²) in [6.45, 7) is 1.42. The van der Waals surface area contributed by atoms with E-state index in [9.17, 15) is 13.6 Å². The number of nitrogens with two attached hydrogens (primary N) is 1. The summed E-state index contributed by atoms with van der Waals surface area (Å²) in [4.78, 5) is 16.9. The summed E-state index contributed by atoms with van der Waals surface area (Å²) in [6.07, 6.45) is -0.997. The van der Waals surface area contributed by atoms with E-state index in [1.807, 2.05) is 18.2 Å². The molecule has 0 radical (unpaired) electrons. The van der Waals surface area contributed by atoms with Gasteiger partial charge in [-0.3, -0.25) is 4.79 Å². The van der Waals surface area contributed by atoms with Crippen LogP contribution in [0.2, 0.25) is 0 Å². The Bertz CT molecular complexity index is 754. The number of rotatable bonds is 7. The number of halogens is 2. The fourth-order valence-electron chi connectivity index (χ4n) is 1.71. The number of carbonyl (C=O) groups is 1. The van der Waals surface area contributed by atoms with Gasteiger partial charge in [0.1, 0.15) is 12.4 Å². The molecule has 0 aliphatic heterocycles. The van der Waals surface area contributed by atoms with Gasteiger partial charge in [0.05, 0.1) is 0 Å². The molecule has 6 nitrogen and oxygen atoms in total. The summed E-state index contributed by atoms with van der Waals surface area (Å²) in [7, 11) is 0. The van der Waals surface area contributed by atoms with Crippen LogP contribution in [0.1, 0.15) is 6.92 Å². The topological polar surface area (TPSA) is 85.9 Å². The fourth-order valence-corrected chi connectivity index (χ4v) is 1.71. The first-order valence-corrected chi connectivity index (χ1v) is 7.37. The first-order valence-electron chi connectivity index (χ1n) is 7.37. The van der Waals surface area contributed by atoms with Crippen LogP contribution in [0.3, 0.4) is 0 Å². The van der Waals surface area contributed by atoms with Gasteiger partial charge in [0.15, 0.2) is 17.5 Å². The average molecular weight is 349 g/mol. The van der Waals surface area contributed by atoms with Crippen molar-refractivity contribution in [2.24, 2.45) is 10.9 Å². The van der Waals surface area contributed by atoms with Crippen molar-refractivity contribution in [3.63, 3.8) is 0 Å². The first kappa shape index (κ1) is 18.2. The summed E-state index contributed by atoms with van der Waals surface area (Å²) < 4.78 is 31.3. The highest BCUT2D eigenvalue weighted by atomic mass is 19.2. The van der Waals surface area contributed by atoms with Crippen molar-refractivity contribution in [1.29, 1.82) is 0 Å². The van der Waals surface area contributed by atoms with E-state index in [1.165, 1.54) is 13.0 Å². The van der Waals surface area contributed by atoms with Gasteiger partial charge in [0.2, 0.25) is 6.10 Å². The normalized spacial score (nSPS) is 12.4. The molecule has 8 heteroatoms. The third-order valence-electron chi connectivity index (χ3n) is 3.01. The molecular formula is C17H17F2N3O3. The molecule has 1 atom stereocenters. The van der Waals surface area contributed by atoms with Crippen LogP contribution < -0.4 is 15.8 Å². The fraction of sp³-hybridized carbons (Fsp3) is 0.176. The van der Waals surface area contributed by atoms with Crippen molar-refractivity contribution >= 4 is 17.4 Å². The van der Waals surface area contributed by atoms with E-state index in [4.69, 9.17) is 15.3 Å². The number of amides is 1. The predicted molar refractivity (Wildman–Crippen MR) is 89.1 cm³/mol. The second kappa shape index (κ2) is 8.62. The number of hydrogen-bond donors (Lipinski definition) is 2. The molecule has 0 bridgehead atoms. The van der Waals surface area contributed by atoms with Crippen LogP contribution in [0, 0.1) is 11.6 Å². The molecule has 0 saturated carbocycles. The van der Waals surface area contributed by atoms with E-state index in [0.717, 1.165) is 12.1 Å². The summed E-state index contributed by atoms with van der Waals surface area (Å²) in [6, 6.07) is 12.0. The number of nitrogens with zero attached hydrogens (tertiary/aromatic N) is 1. The largest absolute Gasteiger partial charge is 0.486 e. The van der Waals surface area contributed by atoms with Gasteiger partial charge in [0, 0.05) is 11.8 Å². The molecule has 0 fully saturated rings. The van der Waals surface area contributed by atoms with Gasteiger partial charge in [-0.15, -0.1) is 0 Å². The summed E-state index contributed by atoms with van der Waals surface area (Å²) >= 11 is 0. The van der Waals surface area contributed by atoms with Crippen molar-refractivity contribution < 1.29 is 23.1 Å². The Balaban J connectivity index is 1.82. The molecule has 25 heavy (non-hydrogen) atoms. The van der Waals surface area contributed by atoms with E-state index >= 15 is 0 Å². The number of para-hydroxylation sites is 1. The van der Waals surface area contributed by atoms with Crippen LogP contribution >= 0.6 is 0 Å². The maximum absolute atomic E-state index is 13.1. The zero-order valence-corrected chi connectivity index (χ0v) is 13.4. The molecule has 2 rings (SSSR count). The maximum Gasteiger partial charge on any atom is 0.267 e. The molecule has 2 aromatic carbocycles. The molecule has 3 N–H and O–H groups in total. The second-order valence-electron chi connectivity index (χ2n) is 5.05. The lowest BCUT2D eigenvalue weighted by Gasteiger charge is -2.11. The number of benzene rings is 2. The minimum Gasteiger partial charge on any atom is -0.486 e. The minimum atomic E-state index is -1.06. The molecule has 0 saturated heterocycles. The van der Waals surface area contributed by atoms with Crippen molar-refractivity contribution in [1.82, 2.24) is 0 Å². The van der Waals surface area contributed by atoms with Crippen LogP contribution in [-0.2, 0) is 9.63 Å². The number of ether oxygens (including phenoxy) is 1. The van der Waals surface area contributed by atoms with Crippen LogP contribution in [0.4, 0.5) is 14.5 Å². The first-order chi connectivity index (χ1) is 12.0. The number of anilines is 1. The van der Waals surface area contributed by atoms with Crippen LogP contribution in [0.5, 0.6) is 5.75 Å². The molecule has 0 heterocycles. The van der Waals surface area contributed by atoms with E-state index in [-0.39, 0.29) is 18.1 Å². The van der Waals surface area contributed by atoms with Crippen molar-refractivity contribution in [2.45, 2.75) is 13.0 Å². The average Bonchev–Trinajstić information content (AvgIpc) is 2.61. The molecular weight excluding hydrogens is 332 g/mol. The zero-order chi connectivity index (χ0) is 18.2. The Kier molecular flexibility index (Phi) is 6.27. The summed E-state index contributed by atoms with van der Waals surface area (Å²) in [5.74, 6) is -2.00. The highest BCUT2D eigenvalue weighted by Crippen LogP contribution is 2.13. The lowest BCUT2D eigenvalue weighted by Crippen LogP contribution is -2.28. The Morgan fingerprint density at radius 2 is 1.92 bits per heavy atom. The lowest BCUT2D eigenvalue weighted by molar-refractivity contribution is -0.126. The molecule has 0 aromatic heterocycles. The van der Waals surface area contributed by atoms with E-state index in [2.05, 4.69) is 10.5 Å². The number of carbonyl (C=O) groups excluding carboxylic acids is 1. The standard InChI is InChI=1S/C17H17F2N3O3/c1-11(17(23)21-12-7-8-14(18)15(19)9-12)25-22-16(20)10-24-13-5-3-2-4-6-13/h2-9,11H,10H2,1H3,(H2,20,22)(H,21,23). The number of oxime groups is 1. The lowest BCUT2D eigenvalue weighted by atomic mass is 10.3. The monoisotopic (exact) mass is 349 g/mol. The Morgan fingerprint density at radius 1 is 1.20 bits per heavy atom. The van der Waals surface area contributed by atoms with Crippen LogP contribution in [-0.4, -0.2) is 24.5 Å². The molecule has 132 valence electrons. The van der Waals surface area contributed by atoms with Crippen LogP contribution in [0.25, 0.3) is 0 Å². The SMILES string of the molecule is CC(O/N=C(/N)COc1ccccc1)C(=O)Nc1ccc(F)c(F)c1. The van der Waals surface area contributed by atoms with E-state index < -0.39 is 23.6 Å². The van der Waals surface area contributed by atoms with Crippen molar-refractivity contribution in [2.75, 3.05) is 11.9 Å². The van der Waals surface area contributed by atoms with Gasteiger partial charge in [0.25, 0.3) is 5.91 Å². The Labute approximate surface area is 143 Å². The van der Waals surface area contributed by atoms with Gasteiger partial charge in [-0.1, -0.05) is 23.4 Å². The third-order valence-corrected chi connectivity index (χ3v) is 3.01. The summed E-state index contributed by atoms with van der Waals surface area (Å²) in [5.41, 5.74) is 5.74. The number of hydrogen-bond acceptors (Lipinski definition) is 4. The molecule has 0 spiro atoms. The number of amidine groups is 1. The van der Waals surface area contributed by atoms with Gasteiger partial charge < -0.3 is 20.6 Å². The third kappa shape index (κ3) is 5.76. The Hall–Kier alpha value is -3.16. The quantitative estimate of drug-likeness (QED) is 0.457. The van der Waals surface area contributed by atoms with E-state index in [0.29, 0.717) is 5.75 Å². The molecule has 1 amide bonds. The zero-order valence-electron chi connectivity index (χ0n) is 13.4. The second-order valence-corrected chi connectivity index (χ2v) is 5.05. The minimum absolute atomic E-state index is 0.0124. The highest BCUT2D eigenvalue weighted by Gasteiger charge is 2.15. The predicted octanol–water partition coefficient (Wildman–Crippen LogP) is 2.66. The van der Waals surface area contributed by atoms with Gasteiger partial charge >= 0.3 is 0 Å². The smallest absolute Gasteiger partial charge is 0.267 e. The molecule has 0 aliphatic carbocycles. The van der Waals surface area contributed by atoms with E-state index in [1.54, 1.807) is 12.1 Å². The molecule has 0 aliphatic rings. The molecule has 1 unspecified atom stereocenters. The van der Waals surface area contributed by atoms with Crippen molar-refractivity contribution in [3.8, 4) is 5.75 Å².